The van der Waals surface area contributed by atoms with E-state index in [1.165, 1.54) is 0 Å². The molecule has 0 saturated heterocycles. The van der Waals surface area contributed by atoms with Gasteiger partial charge in [0.15, 0.2) is 0 Å². The first-order valence-electron chi connectivity index (χ1n) is 3.93. The Hall–Kier alpha value is -0.830. The van der Waals surface area contributed by atoms with Gasteiger partial charge in [-0.25, -0.2) is 9.97 Å². The SMILES string of the molecule is CCCN(C)c1ccnc(Cl)n1. The maximum Gasteiger partial charge on any atom is 0.224 e. The summed E-state index contributed by atoms with van der Waals surface area (Å²) in [6, 6.07) is 1.85. The number of hydrogen-bond donors (Lipinski definition) is 0. The van der Waals surface area contributed by atoms with Crippen LogP contribution in [0.15, 0.2) is 12.3 Å². The summed E-state index contributed by atoms with van der Waals surface area (Å²) in [6.07, 6.45) is 2.76. The van der Waals surface area contributed by atoms with Crippen molar-refractivity contribution in [1.82, 2.24) is 9.97 Å². The van der Waals surface area contributed by atoms with Crippen molar-refractivity contribution >= 4 is 17.4 Å². The van der Waals surface area contributed by atoms with Gasteiger partial charge < -0.3 is 4.90 Å². The average Bonchev–Trinajstić information content (AvgIpc) is 2.05. The van der Waals surface area contributed by atoms with E-state index in [-0.39, 0.29) is 0 Å². The van der Waals surface area contributed by atoms with E-state index in [4.69, 9.17) is 11.6 Å². The second-order valence-electron chi connectivity index (χ2n) is 2.61. The molecular formula is C8H12ClN3. The van der Waals surface area contributed by atoms with Gasteiger partial charge in [-0.1, -0.05) is 6.92 Å². The van der Waals surface area contributed by atoms with Gasteiger partial charge >= 0.3 is 0 Å². The Morgan fingerprint density at radius 2 is 2.33 bits per heavy atom. The van der Waals surface area contributed by atoms with Gasteiger partial charge in [0, 0.05) is 19.8 Å². The number of anilines is 1. The summed E-state index contributed by atoms with van der Waals surface area (Å²) in [7, 11) is 1.99. The zero-order chi connectivity index (χ0) is 8.97. The smallest absolute Gasteiger partial charge is 0.224 e. The van der Waals surface area contributed by atoms with Crippen LogP contribution in [0.3, 0.4) is 0 Å². The quantitative estimate of drug-likeness (QED) is 0.675. The van der Waals surface area contributed by atoms with Crippen molar-refractivity contribution in [3.8, 4) is 0 Å². The molecule has 0 radical (unpaired) electrons. The maximum atomic E-state index is 5.64. The topological polar surface area (TPSA) is 29.0 Å². The Morgan fingerprint density at radius 1 is 1.58 bits per heavy atom. The fourth-order valence-electron chi connectivity index (χ4n) is 0.989. The largest absolute Gasteiger partial charge is 0.360 e. The fraction of sp³-hybridized carbons (Fsp3) is 0.500. The van der Waals surface area contributed by atoms with Crippen LogP contribution in [0.2, 0.25) is 5.28 Å². The van der Waals surface area contributed by atoms with Crippen LogP contribution in [0.1, 0.15) is 13.3 Å². The van der Waals surface area contributed by atoms with Crippen molar-refractivity contribution in [2.75, 3.05) is 18.5 Å². The normalized spacial score (nSPS) is 9.92. The van der Waals surface area contributed by atoms with Crippen molar-refractivity contribution in [2.24, 2.45) is 0 Å². The third kappa shape index (κ3) is 2.34. The van der Waals surface area contributed by atoms with Crippen molar-refractivity contribution in [1.29, 1.82) is 0 Å². The van der Waals surface area contributed by atoms with E-state index in [1.54, 1.807) is 6.20 Å². The molecule has 66 valence electrons. The van der Waals surface area contributed by atoms with Crippen LogP contribution in [-0.4, -0.2) is 23.6 Å². The van der Waals surface area contributed by atoms with E-state index in [0.717, 1.165) is 18.8 Å². The van der Waals surface area contributed by atoms with Gasteiger partial charge in [-0.3, -0.25) is 0 Å². The van der Waals surface area contributed by atoms with Crippen molar-refractivity contribution < 1.29 is 0 Å². The lowest BCUT2D eigenvalue weighted by atomic mass is 10.4. The number of halogens is 1. The van der Waals surface area contributed by atoms with E-state index in [0.29, 0.717) is 5.28 Å². The summed E-state index contributed by atoms with van der Waals surface area (Å²) in [5, 5.41) is 0.301. The Kier molecular flexibility index (Phi) is 3.29. The third-order valence-corrected chi connectivity index (χ3v) is 1.74. The Bertz CT molecular complexity index is 252. The minimum Gasteiger partial charge on any atom is -0.360 e. The van der Waals surface area contributed by atoms with Crippen molar-refractivity contribution in [3.63, 3.8) is 0 Å². The summed E-state index contributed by atoms with van der Waals surface area (Å²) >= 11 is 5.64. The lowest BCUT2D eigenvalue weighted by Gasteiger charge is -2.16. The maximum absolute atomic E-state index is 5.64. The first-order valence-corrected chi connectivity index (χ1v) is 4.31. The summed E-state index contributed by atoms with van der Waals surface area (Å²) in [6.45, 7) is 3.10. The van der Waals surface area contributed by atoms with Crippen LogP contribution in [0.4, 0.5) is 5.82 Å². The average molecular weight is 186 g/mol. The van der Waals surface area contributed by atoms with E-state index in [9.17, 15) is 0 Å². The number of aromatic nitrogens is 2. The Balaban J connectivity index is 2.73. The molecule has 0 N–H and O–H groups in total. The highest BCUT2D eigenvalue weighted by Gasteiger charge is 2.00. The molecule has 1 aromatic rings. The predicted octanol–water partition coefficient (Wildman–Crippen LogP) is 1.98. The van der Waals surface area contributed by atoms with E-state index < -0.39 is 0 Å². The molecule has 1 aromatic heterocycles. The predicted molar refractivity (Wildman–Crippen MR) is 50.6 cm³/mol. The molecule has 0 atom stereocenters. The monoisotopic (exact) mass is 185 g/mol. The molecule has 0 saturated carbocycles. The van der Waals surface area contributed by atoms with E-state index >= 15 is 0 Å². The molecular weight excluding hydrogens is 174 g/mol. The molecule has 1 rings (SSSR count). The molecule has 3 nitrogen and oxygen atoms in total. The summed E-state index contributed by atoms with van der Waals surface area (Å²) in [4.78, 5) is 9.93. The number of rotatable bonds is 3. The van der Waals surface area contributed by atoms with Crippen LogP contribution in [0, 0.1) is 0 Å². The molecule has 4 heteroatoms. The van der Waals surface area contributed by atoms with Crippen LogP contribution in [0.5, 0.6) is 0 Å². The van der Waals surface area contributed by atoms with Crippen molar-refractivity contribution in [2.45, 2.75) is 13.3 Å². The molecule has 0 aliphatic rings. The molecule has 0 spiro atoms. The molecule has 0 bridgehead atoms. The zero-order valence-corrected chi connectivity index (χ0v) is 8.04. The minimum absolute atomic E-state index is 0.301. The highest BCUT2D eigenvalue weighted by molar-refractivity contribution is 6.28. The third-order valence-electron chi connectivity index (χ3n) is 1.56. The highest BCUT2D eigenvalue weighted by atomic mass is 35.5. The van der Waals surface area contributed by atoms with Gasteiger partial charge in [-0.2, -0.15) is 0 Å². The second kappa shape index (κ2) is 4.26. The van der Waals surface area contributed by atoms with Gasteiger partial charge in [0.25, 0.3) is 0 Å². The Morgan fingerprint density at radius 3 is 2.92 bits per heavy atom. The highest BCUT2D eigenvalue weighted by Crippen LogP contribution is 2.10. The molecule has 0 aromatic carbocycles. The van der Waals surface area contributed by atoms with E-state index in [1.807, 2.05) is 18.0 Å². The molecule has 0 aliphatic heterocycles. The van der Waals surface area contributed by atoms with Crippen molar-refractivity contribution in [3.05, 3.63) is 17.5 Å². The van der Waals surface area contributed by atoms with Gasteiger partial charge in [-0.05, 0) is 24.1 Å². The van der Waals surface area contributed by atoms with Crippen LogP contribution < -0.4 is 4.90 Å². The van der Waals surface area contributed by atoms with Crippen LogP contribution in [0.25, 0.3) is 0 Å². The van der Waals surface area contributed by atoms with Gasteiger partial charge in [0.1, 0.15) is 5.82 Å². The van der Waals surface area contributed by atoms with Gasteiger partial charge in [0.2, 0.25) is 5.28 Å². The lowest BCUT2D eigenvalue weighted by molar-refractivity contribution is 0.834. The molecule has 12 heavy (non-hydrogen) atoms. The summed E-state index contributed by atoms with van der Waals surface area (Å²) in [5.74, 6) is 0.872. The molecule has 0 unspecified atom stereocenters. The molecule has 0 aliphatic carbocycles. The summed E-state index contributed by atoms with van der Waals surface area (Å²) < 4.78 is 0. The standard InChI is InChI=1S/C8H12ClN3/c1-3-6-12(2)7-4-5-10-8(9)11-7/h4-5H,3,6H2,1-2H3. The zero-order valence-electron chi connectivity index (χ0n) is 7.29. The minimum atomic E-state index is 0.301. The number of nitrogens with zero attached hydrogens (tertiary/aromatic N) is 3. The number of hydrogen-bond acceptors (Lipinski definition) is 3. The molecule has 1 heterocycles. The van der Waals surface area contributed by atoms with Crippen LogP contribution in [-0.2, 0) is 0 Å². The van der Waals surface area contributed by atoms with Gasteiger partial charge in [-0.15, -0.1) is 0 Å². The Labute approximate surface area is 77.4 Å². The first kappa shape index (κ1) is 9.26. The van der Waals surface area contributed by atoms with E-state index in [2.05, 4.69) is 16.9 Å². The molecule has 0 amide bonds. The second-order valence-corrected chi connectivity index (χ2v) is 2.94. The van der Waals surface area contributed by atoms with Crippen LogP contribution >= 0.6 is 11.6 Å². The first-order chi connectivity index (χ1) is 5.74. The molecule has 0 fully saturated rings. The fourth-order valence-corrected chi connectivity index (χ4v) is 1.13. The summed E-state index contributed by atoms with van der Waals surface area (Å²) in [5.41, 5.74) is 0. The lowest BCUT2D eigenvalue weighted by Crippen LogP contribution is -2.18. The van der Waals surface area contributed by atoms with Gasteiger partial charge in [0.05, 0.1) is 0 Å².